The summed E-state index contributed by atoms with van der Waals surface area (Å²) in [6.45, 7) is 6.88. The molecule has 0 radical (unpaired) electrons. The highest BCUT2D eigenvalue weighted by Gasteiger charge is 2.30. The predicted octanol–water partition coefficient (Wildman–Crippen LogP) is 4.94. The lowest BCUT2D eigenvalue weighted by Crippen LogP contribution is -2.30. The van der Waals surface area contributed by atoms with Gasteiger partial charge in [0.05, 0.1) is 17.4 Å². The standard InChI is InChI=1S/C20H27NO2S/c1-20(2,3)17-7-9-18(10-8-17)23-19(22)14-24-13-16-6-4-5-15(11-16)12-21/h4-6,11,17-18H,7-10,13-14H2,1-3H3. The van der Waals surface area contributed by atoms with Gasteiger partial charge in [0.15, 0.2) is 0 Å². The fraction of sp³-hybridized carbons (Fsp3) is 0.600. The van der Waals surface area contributed by atoms with Crippen LogP contribution in [0.3, 0.4) is 0 Å². The fourth-order valence-electron chi connectivity index (χ4n) is 3.25. The lowest BCUT2D eigenvalue weighted by Gasteiger charge is -2.36. The minimum Gasteiger partial charge on any atom is -0.462 e. The minimum absolute atomic E-state index is 0.0959. The first kappa shape index (κ1) is 18.9. The van der Waals surface area contributed by atoms with Crippen LogP contribution in [0.5, 0.6) is 0 Å². The summed E-state index contributed by atoms with van der Waals surface area (Å²) >= 11 is 1.54. The number of nitriles is 1. The Labute approximate surface area is 149 Å². The maximum absolute atomic E-state index is 12.0. The molecule has 0 bridgehead atoms. The number of carbonyl (C=O) groups excluding carboxylic acids is 1. The van der Waals surface area contributed by atoms with Crippen molar-refractivity contribution in [2.75, 3.05) is 5.75 Å². The first-order valence-corrected chi connectivity index (χ1v) is 9.80. The monoisotopic (exact) mass is 345 g/mol. The van der Waals surface area contributed by atoms with Crippen LogP contribution in [0.25, 0.3) is 0 Å². The smallest absolute Gasteiger partial charge is 0.316 e. The van der Waals surface area contributed by atoms with Crippen molar-refractivity contribution >= 4 is 17.7 Å². The van der Waals surface area contributed by atoms with Gasteiger partial charge in [-0.05, 0) is 54.7 Å². The molecule has 1 fully saturated rings. The fourth-order valence-corrected chi connectivity index (χ4v) is 4.00. The van der Waals surface area contributed by atoms with Crippen molar-refractivity contribution in [3.8, 4) is 6.07 Å². The third kappa shape index (κ3) is 5.87. The van der Waals surface area contributed by atoms with Crippen LogP contribution in [0.4, 0.5) is 0 Å². The van der Waals surface area contributed by atoms with E-state index >= 15 is 0 Å². The predicted molar refractivity (Wildman–Crippen MR) is 98.6 cm³/mol. The van der Waals surface area contributed by atoms with Gasteiger partial charge in [-0.2, -0.15) is 5.26 Å². The van der Waals surface area contributed by atoms with Gasteiger partial charge in [0.25, 0.3) is 0 Å². The maximum atomic E-state index is 12.0. The van der Waals surface area contributed by atoms with E-state index in [9.17, 15) is 4.79 Å². The van der Waals surface area contributed by atoms with Gasteiger partial charge < -0.3 is 4.74 Å². The number of esters is 1. The third-order valence-corrected chi connectivity index (χ3v) is 5.72. The molecule has 3 nitrogen and oxygen atoms in total. The Kier molecular flexibility index (Phi) is 6.74. The molecule has 0 unspecified atom stereocenters. The Morgan fingerprint density at radius 3 is 2.62 bits per heavy atom. The van der Waals surface area contributed by atoms with Crippen molar-refractivity contribution in [3.05, 3.63) is 35.4 Å². The zero-order valence-corrected chi connectivity index (χ0v) is 15.7. The van der Waals surface area contributed by atoms with Crippen molar-refractivity contribution in [1.29, 1.82) is 5.26 Å². The number of ether oxygens (including phenoxy) is 1. The molecular formula is C20H27NO2S. The number of rotatable bonds is 5. The number of hydrogen-bond acceptors (Lipinski definition) is 4. The quantitative estimate of drug-likeness (QED) is 0.709. The van der Waals surface area contributed by atoms with Gasteiger partial charge in [0.2, 0.25) is 0 Å². The SMILES string of the molecule is CC(C)(C)C1CCC(OC(=O)CSCc2cccc(C#N)c2)CC1. The van der Waals surface area contributed by atoms with Crippen LogP contribution < -0.4 is 0 Å². The maximum Gasteiger partial charge on any atom is 0.316 e. The molecular weight excluding hydrogens is 318 g/mol. The molecule has 0 spiro atoms. The van der Waals surface area contributed by atoms with E-state index in [0.717, 1.165) is 42.9 Å². The zero-order chi connectivity index (χ0) is 17.6. The first-order chi connectivity index (χ1) is 11.4. The van der Waals surface area contributed by atoms with Crippen LogP contribution in [-0.4, -0.2) is 17.8 Å². The zero-order valence-electron chi connectivity index (χ0n) is 14.9. The van der Waals surface area contributed by atoms with Gasteiger partial charge in [-0.3, -0.25) is 4.79 Å². The summed E-state index contributed by atoms with van der Waals surface area (Å²) in [5, 5.41) is 8.90. The van der Waals surface area contributed by atoms with Gasteiger partial charge in [-0.25, -0.2) is 0 Å². The van der Waals surface area contributed by atoms with Crippen molar-refractivity contribution in [3.63, 3.8) is 0 Å². The van der Waals surface area contributed by atoms with E-state index in [1.54, 1.807) is 17.8 Å². The largest absolute Gasteiger partial charge is 0.462 e. The number of carbonyl (C=O) groups is 1. The van der Waals surface area contributed by atoms with Gasteiger partial charge in [-0.15, -0.1) is 11.8 Å². The number of benzene rings is 1. The molecule has 1 aromatic rings. The number of thioether (sulfide) groups is 1. The second kappa shape index (κ2) is 8.58. The molecule has 1 aliphatic carbocycles. The molecule has 4 heteroatoms. The second-order valence-electron chi connectivity index (χ2n) is 7.63. The molecule has 0 saturated heterocycles. The van der Waals surface area contributed by atoms with Gasteiger partial charge >= 0.3 is 5.97 Å². The van der Waals surface area contributed by atoms with E-state index in [1.165, 1.54) is 0 Å². The van der Waals surface area contributed by atoms with E-state index < -0.39 is 0 Å². The Balaban J connectivity index is 1.68. The van der Waals surface area contributed by atoms with E-state index in [2.05, 4.69) is 26.8 Å². The van der Waals surface area contributed by atoms with Gasteiger partial charge in [0.1, 0.15) is 6.10 Å². The molecule has 0 amide bonds. The molecule has 1 aromatic carbocycles. The molecule has 24 heavy (non-hydrogen) atoms. The normalized spacial score (nSPS) is 21.1. The summed E-state index contributed by atoms with van der Waals surface area (Å²) in [6.07, 6.45) is 4.37. The van der Waals surface area contributed by atoms with Crippen molar-refractivity contribution in [2.24, 2.45) is 11.3 Å². The van der Waals surface area contributed by atoms with Gasteiger partial charge in [-0.1, -0.05) is 32.9 Å². The van der Waals surface area contributed by atoms with Crippen LogP contribution in [0.1, 0.15) is 57.6 Å². The van der Waals surface area contributed by atoms with Crippen molar-refractivity contribution < 1.29 is 9.53 Å². The summed E-state index contributed by atoms with van der Waals surface area (Å²) in [7, 11) is 0. The topological polar surface area (TPSA) is 50.1 Å². The third-order valence-electron chi connectivity index (χ3n) is 4.74. The summed E-state index contributed by atoms with van der Waals surface area (Å²) in [5.74, 6) is 1.71. The summed E-state index contributed by atoms with van der Waals surface area (Å²) in [5.41, 5.74) is 2.08. The van der Waals surface area contributed by atoms with Crippen LogP contribution in [0, 0.1) is 22.7 Å². The lowest BCUT2D eigenvalue weighted by atomic mass is 9.72. The molecule has 130 valence electrons. The van der Waals surface area contributed by atoms with E-state index in [4.69, 9.17) is 10.00 Å². The summed E-state index contributed by atoms with van der Waals surface area (Å²) in [4.78, 5) is 12.0. The summed E-state index contributed by atoms with van der Waals surface area (Å²) < 4.78 is 5.62. The minimum atomic E-state index is -0.115. The van der Waals surface area contributed by atoms with Crippen molar-refractivity contribution in [1.82, 2.24) is 0 Å². The molecule has 1 aliphatic rings. The first-order valence-electron chi connectivity index (χ1n) is 8.65. The highest BCUT2D eigenvalue weighted by atomic mass is 32.2. The van der Waals surface area contributed by atoms with Crippen LogP contribution in [-0.2, 0) is 15.3 Å². The Bertz CT molecular complexity index is 592. The van der Waals surface area contributed by atoms with Crippen LogP contribution in [0.2, 0.25) is 0 Å². The average Bonchev–Trinajstić information content (AvgIpc) is 2.54. The summed E-state index contributed by atoms with van der Waals surface area (Å²) in [6, 6.07) is 9.64. The van der Waals surface area contributed by atoms with Gasteiger partial charge in [0, 0.05) is 5.75 Å². The molecule has 2 rings (SSSR count). The molecule has 0 aliphatic heterocycles. The van der Waals surface area contributed by atoms with Crippen LogP contribution in [0.15, 0.2) is 24.3 Å². The van der Waals surface area contributed by atoms with E-state index in [-0.39, 0.29) is 12.1 Å². The highest BCUT2D eigenvalue weighted by molar-refractivity contribution is 7.99. The van der Waals surface area contributed by atoms with Crippen molar-refractivity contribution in [2.45, 2.75) is 58.3 Å². The molecule has 1 saturated carbocycles. The Morgan fingerprint density at radius 1 is 1.29 bits per heavy atom. The Morgan fingerprint density at radius 2 is 2.00 bits per heavy atom. The second-order valence-corrected chi connectivity index (χ2v) is 8.62. The molecule has 0 heterocycles. The number of hydrogen-bond donors (Lipinski definition) is 0. The lowest BCUT2D eigenvalue weighted by molar-refractivity contribution is -0.148. The molecule has 0 aromatic heterocycles. The number of nitrogens with zero attached hydrogens (tertiary/aromatic N) is 1. The van der Waals surface area contributed by atoms with Crippen LogP contribution >= 0.6 is 11.8 Å². The molecule has 0 atom stereocenters. The van der Waals surface area contributed by atoms with E-state index in [1.807, 2.05) is 18.2 Å². The highest BCUT2D eigenvalue weighted by Crippen LogP contribution is 2.38. The molecule has 0 N–H and O–H groups in total. The average molecular weight is 346 g/mol. The van der Waals surface area contributed by atoms with E-state index in [0.29, 0.717) is 16.7 Å². The Hall–Kier alpha value is -1.47.